The lowest BCUT2D eigenvalue weighted by Crippen LogP contribution is -2.25. The second-order valence-electron chi connectivity index (χ2n) is 10.1. The molecule has 6 rings (SSSR count). The number of nitrogens with zero attached hydrogens (tertiary/aromatic N) is 6. The van der Waals surface area contributed by atoms with Crippen LogP contribution in [-0.4, -0.2) is 35.2 Å². The number of hydrogen-bond donors (Lipinski definition) is 2. The van der Waals surface area contributed by atoms with E-state index in [1.165, 1.54) is 24.6 Å². The van der Waals surface area contributed by atoms with E-state index in [0.29, 0.717) is 44.5 Å². The Kier molecular flexibility index (Phi) is 7.16. The molecule has 214 valence electrons. The van der Waals surface area contributed by atoms with Gasteiger partial charge < -0.3 is 11.1 Å². The van der Waals surface area contributed by atoms with Crippen LogP contribution in [0.3, 0.4) is 0 Å². The summed E-state index contributed by atoms with van der Waals surface area (Å²) in [6, 6.07) is 15.3. The highest BCUT2D eigenvalue weighted by Crippen LogP contribution is 2.35. The highest BCUT2D eigenvalue weighted by molar-refractivity contribution is 7.22. The lowest BCUT2D eigenvalue weighted by Gasteiger charge is -2.18. The van der Waals surface area contributed by atoms with Crippen molar-refractivity contribution in [2.75, 3.05) is 11.1 Å². The van der Waals surface area contributed by atoms with Gasteiger partial charge in [0.1, 0.15) is 17.8 Å². The molecular formula is C32H28N8O2S. The number of pyridine rings is 1. The van der Waals surface area contributed by atoms with E-state index < -0.39 is 0 Å². The van der Waals surface area contributed by atoms with Crippen LogP contribution in [0.15, 0.2) is 90.0 Å². The summed E-state index contributed by atoms with van der Waals surface area (Å²) in [5, 5.41) is 10.3. The fourth-order valence-electron chi connectivity index (χ4n) is 5.06. The molecular weight excluding hydrogens is 560 g/mol. The molecule has 0 atom stereocenters. The average molecular weight is 589 g/mol. The Morgan fingerprint density at radius 1 is 1.14 bits per heavy atom. The summed E-state index contributed by atoms with van der Waals surface area (Å²) in [5.74, 6) is 0.109. The summed E-state index contributed by atoms with van der Waals surface area (Å²) in [7, 11) is 0. The summed E-state index contributed by atoms with van der Waals surface area (Å²) in [4.78, 5) is 38.8. The maximum atomic E-state index is 13.9. The Morgan fingerprint density at radius 2 is 1.95 bits per heavy atom. The number of carbonyl (C=O) groups is 1. The third-order valence-electron chi connectivity index (χ3n) is 6.94. The largest absolute Gasteiger partial charge is 0.383 e. The number of nitrogens with one attached hydrogen (secondary N) is 1. The molecule has 0 aliphatic rings. The number of anilines is 2. The van der Waals surface area contributed by atoms with Crippen molar-refractivity contribution in [1.82, 2.24) is 29.3 Å². The number of hydrogen-bond acceptors (Lipinski definition) is 8. The number of benzene rings is 2. The van der Waals surface area contributed by atoms with Crippen LogP contribution in [0.25, 0.3) is 49.0 Å². The molecule has 43 heavy (non-hydrogen) atoms. The lowest BCUT2D eigenvalue weighted by atomic mass is 10.1. The molecule has 0 saturated heterocycles. The normalized spacial score (nSPS) is 12.1. The van der Waals surface area contributed by atoms with Crippen LogP contribution in [0.1, 0.15) is 26.5 Å². The van der Waals surface area contributed by atoms with E-state index in [1.54, 1.807) is 9.25 Å². The molecule has 0 aliphatic heterocycles. The molecule has 0 bridgehead atoms. The quantitative estimate of drug-likeness (QED) is 0.219. The van der Waals surface area contributed by atoms with Crippen LogP contribution >= 0.6 is 11.3 Å². The molecule has 1 amide bonds. The first-order valence-corrected chi connectivity index (χ1v) is 14.3. The molecule has 4 aromatic heterocycles. The van der Waals surface area contributed by atoms with E-state index in [0.717, 1.165) is 26.7 Å². The fraction of sp³-hybridized carbons (Fsp3) is 0.125. The fourth-order valence-corrected chi connectivity index (χ4v) is 6.01. The van der Waals surface area contributed by atoms with Crippen molar-refractivity contribution in [2.24, 2.45) is 0 Å². The third-order valence-corrected chi connectivity index (χ3v) is 7.88. The summed E-state index contributed by atoms with van der Waals surface area (Å²) in [6.45, 7) is 9.62. The SMILES string of the molecule is C=C(C)/C(=C\C=C/C)n1c(Cn2nc(-c3ccc4nc(NC(C)=O)sc4c3)c3c(N)ncnc32)cc2ccccc2c1=O. The van der Waals surface area contributed by atoms with Gasteiger partial charge >= 0.3 is 0 Å². The van der Waals surface area contributed by atoms with E-state index in [9.17, 15) is 9.59 Å². The van der Waals surface area contributed by atoms with Gasteiger partial charge in [-0.05, 0) is 55.1 Å². The highest BCUT2D eigenvalue weighted by Gasteiger charge is 2.21. The Balaban J connectivity index is 1.55. The maximum absolute atomic E-state index is 13.9. The first-order valence-electron chi connectivity index (χ1n) is 13.5. The molecule has 0 unspecified atom stereocenters. The van der Waals surface area contributed by atoms with Gasteiger partial charge in [-0.3, -0.25) is 14.2 Å². The summed E-state index contributed by atoms with van der Waals surface area (Å²) in [6.07, 6.45) is 7.08. The van der Waals surface area contributed by atoms with Gasteiger partial charge in [0.25, 0.3) is 5.56 Å². The minimum absolute atomic E-state index is 0.150. The summed E-state index contributed by atoms with van der Waals surface area (Å²) >= 11 is 1.37. The monoisotopic (exact) mass is 588 g/mol. The molecule has 0 aliphatic carbocycles. The van der Waals surface area contributed by atoms with Crippen molar-refractivity contribution in [2.45, 2.75) is 27.3 Å². The average Bonchev–Trinajstić information content (AvgIpc) is 3.55. The maximum Gasteiger partial charge on any atom is 0.263 e. The topological polar surface area (TPSA) is 134 Å². The van der Waals surface area contributed by atoms with Gasteiger partial charge in [-0.1, -0.05) is 54.3 Å². The van der Waals surface area contributed by atoms with E-state index in [1.807, 2.05) is 80.6 Å². The number of allylic oxidation sites excluding steroid dienone is 5. The molecule has 4 heterocycles. The molecule has 11 heteroatoms. The van der Waals surface area contributed by atoms with Crippen molar-refractivity contribution in [3.8, 4) is 11.3 Å². The van der Waals surface area contributed by atoms with Gasteiger partial charge in [0.15, 0.2) is 10.8 Å². The summed E-state index contributed by atoms with van der Waals surface area (Å²) in [5.41, 5.74) is 11.1. The van der Waals surface area contributed by atoms with Gasteiger partial charge in [0, 0.05) is 23.6 Å². The second kappa shape index (κ2) is 11.1. The second-order valence-corrected chi connectivity index (χ2v) is 11.1. The molecule has 0 spiro atoms. The predicted octanol–water partition coefficient (Wildman–Crippen LogP) is 6.00. The standard InChI is InChI=1S/C32H28N8O2S/c1-5-6-11-25(18(2)3)40-22(14-20-9-7-8-10-23(20)31(40)42)16-39-30-27(29(33)34-17-35-30)28(38-39)21-12-13-24-26(15-21)43-32(37-24)36-19(4)41/h5-15,17H,2,16H2,1,3-4H3,(H2,33,34,35)(H,36,37,41)/b6-5-,25-11+. The molecule has 3 N–H and O–H groups in total. The first-order chi connectivity index (χ1) is 20.7. The third kappa shape index (κ3) is 5.10. The van der Waals surface area contributed by atoms with E-state index in [-0.39, 0.29) is 18.0 Å². The molecule has 0 fully saturated rings. The number of nitrogen functional groups attached to an aromatic ring is 1. The van der Waals surface area contributed by atoms with Crippen LogP contribution in [-0.2, 0) is 11.3 Å². The predicted molar refractivity (Wildman–Crippen MR) is 174 cm³/mol. The number of fused-ring (bicyclic) bond motifs is 3. The van der Waals surface area contributed by atoms with Gasteiger partial charge in [-0.25, -0.2) is 19.6 Å². The van der Waals surface area contributed by atoms with E-state index in [2.05, 4.69) is 26.8 Å². The molecule has 0 saturated carbocycles. The Labute approximate surface area is 250 Å². The smallest absolute Gasteiger partial charge is 0.263 e. The van der Waals surface area contributed by atoms with Crippen LogP contribution in [0.2, 0.25) is 0 Å². The summed E-state index contributed by atoms with van der Waals surface area (Å²) < 4.78 is 4.31. The van der Waals surface area contributed by atoms with Crippen molar-refractivity contribution in [3.63, 3.8) is 0 Å². The van der Waals surface area contributed by atoms with E-state index >= 15 is 0 Å². The number of amides is 1. The zero-order valence-electron chi connectivity index (χ0n) is 23.8. The first kappa shape index (κ1) is 27.7. The van der Waals surface area contributed by atoms with Crippen LogP contribution in [0.4, 0.5) is 10.9 Å². The van der Waals surface area contributed by atoms with Gasteiger partial charge in [-0.2, -0.15) is 5.10 Å². The van der Waals surface area contributed by atoms with Crippen LogP contribution in [0.5, 0.6) is 0 Å². The molecule has 6 aromatic rings. The van der Waals surface area contributed by atoms with Crippen LogP contribution < -0.4 is 16.6 Å². The van der Waals surface area contributed by atoms with Crippen molar-refractivity contribution in [1.29, 1.82) is 0 Å². The number of aromatic nitrogens is 6. The Bertz CT molecular complexity index is 2200. The minimum atomic E-state index is -0.184. The van der Waals surface area contributed by atoms with Gasteiger partial charge in [-0.15, -0.1) is 0 Å². The lowest BCUT2D eigenvalue weighted by molar-refractivity contribution is -0.114. The number of nitrogens with two attached hydrogens (primary N) is 1. The van der Waals surface area contributed by atoms with Crippen LogP contribution in [0, 0.1) is 0 Å². The van der Waals surface area contributed by atoms with Gasteiger partial charge in [0.2, 0.25) is 5.91 Å². The Hall–Kier alpha value is -5.42. The van der Waals surface area contributed by atoms with E-state index in [4.69, 9.17) is 10.8 Å². The molecule has 2 aromatic carbocycles. The van der Waals surface area contributed by atoms with Crippen molar-refractivity contribution >= 4 is 65.9 Å². The molecule has 10 nitrogen and oxygen atoms in total. The molecule has 0 radical (unpaired) electrons. The highest BCUT2D eigenvalue weighted by atomic mass is 32.1. The van der Waals surface area contributed by atoms with Crippen molar-refractivity contribution < 1.29 is 4.79 Å². The minimum Gasteiger partial charge on any atom is -0.383 e. The Morgan fingerprint density at radius 3 is 2.72 bits per heavy atom. The van der Waals surface area contributed by atoms with Gasteiger partial charge in [0.05, 0.1) is 27.8 Å². The zero-order chi connectivity index (χ0) is 30.2. The van der Waals surface area contributed by atoms with Crippen molar-refractivity contribution in [3.05, 3.63) is 101 Å². The number of rotatable bonds is 7. The number of carbonyl (C=O) groups excluding carboxylic acids is 1. The zero-order valence-corrected chi connectivity index (χ0v) is 24.6. The number of thiazole rings is 1.